The molecule has 5 nitrogen and oxygen atoms in total. The number of carbonyl (C=O) groups excluding carboxylic acids is 1. The summed E-state index contributed by atoms with van der Waals surface area (Å²) in [5, 5.41) is 3.57. The molecular formula is C13H21N3O2S2. The van der Waals surface area contributed by atoms with Gasteiger partial charge in [0.05, 0.1) is 6.61 Å². The second-order valence-corrected chi connectivity index (χ2v) is 7.16. The number of ether oxygens (including phenoxy) is 1. The van der Waals surface area contributed by atoms with Crippen LogP contribution in [0.25, 0.3) is 0 Å². The van der Waals surface area contributed by atoms with Gasteiger partial charge in [-0.2, -0.15) is 4.37 Å². The number of hydrogen-bond acceptors (Lipinski definition) is 7. The first-order valence-electron chi connectivity index (χ1n) is 6.99. The number of nitrogens with one attached hydrogen (secondary N) is 1. The van der Waals surface area contributed by atoms with E-state index in [0.29, 0.717) is 11.9 Å². The normalized spacial score (nSPS) is 25.9. The molecule has 1 heterocycles. The Kier molecular flexibility index (Phi) is 5.40. The van der Waals surface area contributed by atoms with E-state index >= 15 is 0 Å². The topological polar surface area (TPSA) is 64.1 Å². The van der Waals surface area contributed by atoms with E-state index in [-0.39, 0.29) is 5.97 Å². The van der Waals surface area contributed by atoms with Crippen LogP contribution < -0.4 is 5.32 Å². The van der Waals surface area contributed by atoms with E-state index in [0.717, 1.165) is 35.8 Å². The van der Waals surface area contributed by atoms with Gasteiger partial charge in [0, 0.05) is 11.7 Å². The highest BCUT2D eigenvalue weighted by molar-refractivity contribution is 8.01. The molecule has 1 aliphatic rings. The van der Waals surface area contributed by atoms with E-state index in [4.69, 9.17) is 4.74 Å². The molecule has 0 bridgehead atoms. The van der Waals surface area contributed by atoms with Crippen LogP contribution >= 0.6 is 23.3 Å². The van der Waals surface area contributed by atoms with Crippen LogP contribution in [0.3, 0.4) is 0 Å². The molecule has 2 atom stereocenters. The van der Waals surface area contributed by atoms with Crippen molar-refractivity contribution in [3.8, 4) is 0 Å². The van der Waals surface area contributed by atoms with Crippen LogP contribution in [0.15, 0.2) is 4.34 Å². The van der Waals surface area contributed by atoms with E-state index in [9.17, 15) is 4.79 Å². The lowest BCUT2D eigenvalue weighted by Crippen LogP contribution is -2.49. The Balaban J connectivity index is 1.98. The number of thioether (sulfide) groups is 1. The molecule has 1 saturated carbocycles. The number of hydrogen-bond donors (Lipinski definition) is 1. The standard InChI is InChI=1S/C13H21N3O2S2/c1-4-10-15-12(20-16-10)19-9-6-7-13(8-9,14-3)11(17)18-5-2/h9,14H,4-8H2,1-3H3. The number of aromatic nitrogens is 2. The van der Waals surface area contributed by atoms with Crippen molar-refractivity contribution in [3.63, 3.8) is 0 Å². The van der Waals surface area contributed by atoms with Gasteiger partial charge in [0.2, 0.25) is 0 Å². The SMILES string of the molecule is CCOC(=O)C1(NC)CCC(Sc2nc(CC)ns2)C1. The number of aryl methyl sites for hydroxylation is 1. The molecule has 20 heavy (non-hydrogen) atoms. The maximum absolute atomic E-state index is 12.1. The molecule has 2 rings (SSSR count). The highest BCUT2D eigenvalue weighted by Crippen LogP contribution is 2.41. The first-order chi connectivity index (χ1) is 9.63. The molecule has 7 heteroatoms. The average molecular weight is 315 g/mol. The molecule has 1 aromatic heterocycles. The first kappa shape index (κ1) is 15.7. The van der Waals surface area contributed by atoms with Crippen molar-refractivity contribution in [2.45, 2.75) is 54.7 Å². The largest absolute Gasteiger partial charge is 0.465 e. The maximum atomic E-state index is 12.1. The van der Waals surface area contributed by atoms with E-state index in [2.05, 4.69) is 21.6 Å². The van der Waals surface area contributed by atoms with Crippen molar-refractivity contribution in [2.24, 2.45) is 0 Å². The molecule has 0 radical (unpaired) electrons. The Morgan fingerprint density at radius 2 is 2.40 bits per heavy atom. The molecule has 1 aromatic rings. The molecule has 1 N–H and O–H groups in total. The number of rotatable bonds is 6. The third kappa shape index (κ3) is 3.32. The maximum Gasteiger partial charge on any atom is 0.326 e. The lowest BCUT2D eigenvalue weighted by atomic mass is 9.98. The van der Waals surface area contributed by atoms with Crippen LogP contribution in [0.2, 0.25) is 0 Å². The Labute approximate surface area is 128 Å². The summed E-state index contributed by atoms with van der Waals surface area (Å²) >= 11 is 3.19. The molecular weight excluding hydrogens is 294 g/mol. The Morgan fingerprint density at radius 3 is 3.00 bits per heavy atom. The molecule has 0 amide bonds. The van der Waals surface area contributed by atoms with E-state index in [1.165, 1.54) is 11.5 Å². The number of esters is 1. The number of likely N-dealkylation sites (N-methyl/N-ethyl adjacent to an activating group) is 1. The second-order valence-electron chi connectivity index (χ2n) is 4.87. The summed E-state index contributed by atoms with van der Waals surface area (Å²) in [6, 6.07) is 0. The van der Waals surface area contributed by atoms with Crippen LogP contribution in [-0.4, -0.2) is 39.8 Å². The van der Waals surface area contributed by atoms with Crippen molar-refractivity contribution < 1.29 is 9.53 Å². The van der Waals surface area contributed by atoms with Gasteiger partial charge in [-0.05, 0) is 44.8 Å². The predicted octanol–water partition coefficient (Wildman–Crippen LogP) is 2.27. The fourth-order valence-corrected chi connectivity index (χ4v) is 4.70. The number of carbonyl (C=O) groups is 1. The van der Waals surface area contributed by atoms with Gasteiger partial charge in [0.25, 0.3) is 0 Å². The molecule has 0 saturated heterocycles. The summed E-state index contributed by atoms with van der Waals surface area (Å²) in [5.41, 5.74) is -0.522. The van der Waals surface area contributed by atoms with Crippen LogP contribution in [-0.2, 0) is 16.0 Å². The molecule has 0 spiro atoms. The lowest BCUT2D eigenvalue weighted by Gasteiger charge is -2.26. The fraction of sp³-hybridized carbons (Fsp3) is 0.769. The van der Waals surface area contributed by atoms with E-state index in [1.54, 1.807) is 11.8 Å². The second kappa shape index (κ2) is 6.87. The van der Waals surface area contributed by atoms with Crippen LogP contribution in [0.1, 0.15) is 38.9 Å². The summed E-state index contributed by atoms with van der Waals surface area (Å²) in [6.07, 6.45) is 3.46. The van der Waals surface area contributed by atoms with Crippen molar-refractivity contribution in [3.05, 3.63) is 5.82 Å². The third-order valence-corrected chi connectivity index (χ3v) is 5.74. The monoisotopic (exact) mass is 315 g/mol. The molecule has 1 fully saturated rings. The Morgan fingerprint density at radius 1 is 1.60 bits per heavy atom. The first-order valence-corrected chi connectivity index (χ1v) is 8.64. The predicted molar refractivity (Wildman–Crippen MR) is 81.2 cm³/mol. The van der Waals surface area contributed by atoms with Crippen molar-refractivity contribution in [1.29, 1.82) is 0 Å². The van der Waals surface area contributed by atoms with E-state index < -0.39 is 5.54 Å². The minimum Gasteiger partial charge on any atom is -0.465 e. The molecule has 2 unspecified atom stereocenters. The van der Waals surface area contributed by atoms with E-state index in [1.807, 2.05) is 14.0 Å². The molecule has 0 aromatic carbocycles. The summed E-state index contributed by atoms with van der Waals surface area (Å²) in [7, 11) is 1.84. The van der Waals surface area contributed by atoms with Gasteiger partial charge in [0.1, 0.15) is 11.4 Å². The zero-order chi connectivity index (χ0) is 14.6. The molecule has 112 valence electrons. The summed E-state index contributed by atoms with van der Waals surface area (Å²) in [6.45, 7) is 4.32. The minimum absolute atomic E-state index is 0.128. The van der Waals surface area contributed by atoms with Gasteiger partial charge in [-0.1, -0.05) is 18.7 Å². The van der Waals surface area contributed by atoms with Crippen LogP contribution in [0.5, 0.6) is 0 Å². The molecule has 1 aliphatic carbocycles. The highest BCUT2D eigenvalue weighted by atomic mass is 32.2. The lowest BCUT2D eigenvalue weighted by molar-refractivity contribution is -0.150. The third-order valence-electron chi connectivity index (χ3n) is 3.65. The zero-order valence-electron chi connectivity index (χ0n) is 12.1. The zero-order valence-corrected chi connectivity index (χ0v) is 13.8. The van der Waals surface area contributed by atoms with Gasteiger partial charge in [-0.15, -0.1) is 0 Å². The fourth-order valence-electron chi connectivity index (χ4n) is 2.46. The van der Waals surface area contributed by atoms with Gasteiger partial charge < -0.3 is 10.1 Å². The smallest absolute Gasteiger partial charge is 0.326 e. The summed E-state index contributed by atoms with van der Waals surface area (Å²) in [4.78, 5) is 16.6. The Bertz CT molecular complexity index is 466. The van der Waals surface area contributed by atoms with Crippen molar-refractivity contribution >= 4 is 29.3 Å². The highest BCUT2D eigenvalue weighted by Gasteiger charge is 2.45. The van der Waals surface area contributed by atoms with Crippen molar-refractivity contribution in [1.82, 2.24) is 14.7 Å². The van der Waals surface area contributed by atoms with Crippen LogP contribution in [0.4, 0.5) is 0 Å². The average Bonchev–Trinajstić information content (AvgIpc) is 3.07. The van der Waals surface area contributed by atoms with Gasteiger partial charge in [0.15, 0.2) is 4.34 Å². The minimum atomic E-state index is -0.522. The summed E-state index contributed by atoms with van der Waals surface area (Å²) < 4.78 is 10.5. The summed E-state index contributed by atoms with van der Waals surface area (Å²) in [5.74, 6) is 0.776. The molecule has 0 aliphatic heterocycles. The number of nitrogens with zero attached hydrogens (tertiary/aromatic N) is 2. The van der Waals surface area contributed by atoms with Gasteiger partial charge >= 0.3 is 5.97 Å². The van der Waals surface area contributed by atoms with Gasteiger partial charge in [-0.25, -0.2) is 4.98 Å². The van der Waals surface area contributed by atoms with Gasteiger partial charge in [-0.3, -0.25) is 4.79 Å². The van der Waals surface area contributed by atoms with Crippen molar-refractivity contribution in [2.75, 3.05) is 13.7 Å². The Hall–Kier alpha value is -0.660. The quantitative estimate of drug-likeness (QED) is 0.813. The van der Waals surface area contributed by atoms with Crippen LogP contribution in [0, 0.1) is 0 Å².